The van der Waals surface area contributed by atoms with Gasteiger partial charge >= 0.3 is 0 Å². The topological polar surface area (TPSA) is 21.3 Å². The van der Waals surface area contributed by atoms with Crippen LogP contribution in [0.25, 0.3) is 115 Å². The lowest BCUT2D eigenvalue weighted by atomic mass is 9.81. The second-order valence-corrected chi connectivity index (χ2v) is 20.0. The Bertz CT molecular complexity index is 4500. The summed E-state index contributed by atoms with van der Waals surface area (Å²) in [4.78, 5) is 2.35. The van der Waals surface area contributed by atoms with Gasteiger partial charge in [-0.3, -0.25) is 0 Å². The number of fused-ring (bicyclic) bond motifs is 15. The maximum atomic E-state index is 6.38. The zero-order valence-electron chi connectivity index (χ0n) is 39.9. The molecule has 72 heavy (non-hydrogen) atoms. The number of furan rings is 1. The van der Waals surface area contributed by atoms with Crippen LogP contribution in [-0.4, -0.2) is 4.57 Å². The first-order valence-corrected chi connectivity index (χ1v) is 25.0. The molecule has 0 aliphatic heterocycles. The van der Waals surface area contributed by atoms with Crippen LogP contribution < -0.4 is 4.90 Å². The minimum Gasteiger partial charge on any atom is -0.456 e. The summed E-state index contributed by atoms with van der Waals surface area (Å²) in [6, 6.07) is 89.2. The van der Waals surface area contributed by atoms with Crippen LogP contribution in [0.3, 0.4) is 0 Å². The van der Waals surface area contributed by atoms with Gasteiger partial charge < -0.3 is 13.9 Å². The number of rotatable bonds is 6. The highest BCUT2D eigenvalue weighted by Crippen LogP contribution is 2.50. The van der Waals surface area contributed by atoms with Gasteiger partial charge in [0.15, 0.2) is 0 Å². The van der Waals surface area contributed by atoms with Crippen LogP contribution in [0.2, 0.25) is 0 Å². The van der Waals surface area contributed by atoms with Crippen molar-refractivity contribution in [2.45, 2.75) is 19.3 Å². The molecule has 0 amide bonds. The Kier molecular flexibility index (Phi) is 8.71. The number of hydrogen-bond acceptors (Lipinski definition) is 2. The summed E-state index contributed by atoms with van der Waals surface area (Å²) >= 11 is 0. The van der Waals surface area contributed by atoms with Gasteiger partial charge in [-0.1, -0.05) is 172 Å². The van der Waals surface area contributed by atoms with Crippen molar-refractivity contribution in [3.05, 3.63) is 254 Å². The van der Waals surface area contributed by atoms with Crippen molar-refractivity contribution in [2.24, 2.45) is 0 Å². The molecule has 0 atom stereocenters. The van der Waals surface area contributed by atoms with E-state index in [1.165, 1.54) is 93.1 Å². The average Bonchev–Trinajstić information content (AvgIpc) is 4.06. The summed E-state index contributed by atoms with van der Waals surface area (Å²) in [5.74, 6) is 0. The van der Waals surface area contributed by atoms with Crippen molar-refractivity contribution in [3.63, 3.8) is 0 Å². The van der Waals surface area contributed by atoms with E-state index in [1.54, 1.807) is 0 Å². The normalized spacial score (nSPS) is 13.0. The second-order valence-electron chi connectivity index (χ2n) is 20.0. The summed E-state index contributed by atoms with van der Waals surface area (Å²) < 4.78 is 8.86. The molecular formula is C69H46N2O. The molecule has 0 fully saturated rings. The molecule has 0 saturated heterocycles. The monoisotopic (exact) mass is 918 g/mol. The fourth-order valence-electron chi connectivity index (χ4n) is 12.3. The predicted molar refractivity (Wildman–Crippen MR) is 304 cm³/mol. The molecule has 0 spiro atoms. The van der Waals surface area contributed by atoms with E-state index in [4.69, 9.17) is 4.42 Å². The molecule has 0 unspecified atom stereocenters. The second kappa shape index (κ2) is 15.4. The van der Waals surface area contributed by atoms with Gasteiger partial charge in [-0.2, -0.15) is 0 Å². The Hall–Kier alpha value is -9.18. The maximum absolute atomic E-state index is 6.38. The fraction of sp³-hybridized carbons (Fsp3) is 0.0435. The fourth-order valence-corrected chi connectivity index (χ4v) is 12.3. The van der Waals surface area contributed by atoms with E-state index >= 15 is 0 Å². The van der Waals surface area contributed by atoms with Crippen molar-refractivity contribution in [1.29, 1.82) is 0 Å². The highest BCUT2D eigenvalue weighted by molar-refractivity contribution is 6.26. The van der Waals surface area contributed by atoms with Crippen molar-refractivity contribution < 1.29 is 4.42 Å². The van der Waals surface area contributed by atoms with Gasteiger partial charge in [-0.25, -0.2) is 0 Å². The van der Waals surface area contributed by atoms with Crippen LogP contribution in [0, 0.1) is 0 Å². The summed E-state index contributed by atoms with van der Waals surface area (Å²) in [6.07, 6.45) is 0. The molecule has 14 aromatic rings. The maximum Gasteiger partial charge on any atom is 0.137 e. The van der Waals surface area contributed by atoms with E-state index in [0.717, 1.165) is 50.3 Å². The zero-order valence-corrected chi connectivity index (χ0v) is 39.9. The molecule has 0 radical (unpaired) electrons. The van der Waals surface area contributed by atoms with Crippen LogP contribution in [-0.2, 0) is 5.41 Å². The molecule has 15 rings (SSSR count). The standard InChI is InChI=1S/C69H46N2O/c1-69(2)61-23-12-10-21-55(61)56-35-29-46(41-62(56)69)45-31-38-64-60(40-45)59-39-44(30-37-63(59)71(64)49-34-36-54-52-19-7-6-17-50(52)51-18-8-9-20-53(51)58(54)42-49)43-27-32-48(33-28-43)70(47-15-4-3-5-16-47)65-24-14-26-67-68(65)57-22-11-13-25-66(57)72-67/h3-42H,1-2H3. The number of anilines is 3. The van der Waals surface area contributed by atoms with Crippen molar-refractivity contribution in [2.75, 3.05) is 4.90 Å². The van der Waals surface area contributed by atoms with Gasteiger partial charge in [0.05, 0.1) is 22.1 Å². The molecular weight excluding hydrogens is 873 g/mol. The Balaban J connectivity index is 0.904. The Morgan fingerprint density at radius 3 is 1.60 bits per heavy atom. The summed E-state index contributed by atoms with van der Waals surface area (Å²) in [5, 5.41) is 12.3. The zero-order chi connectivity index (χ0) is 47.7. The van der Waals surface area contributed by atoms with Crippen LogP contribution in [0.15, 0.2) is 247 Å². The van der Waals surface area contributed by atoms with E-state index in [9.17, 15) is 0 Å². The van der Waals surface area contributed by atoms with Gasteiger partial charge in [0, 0.05) is 38.6 Å². The van der Waals surface area contributed by atoms with Crippen molar-refractivity contribution in [3.8, 4) is 39.1 Å². The average molecular weight is 919 g/mol. The molecule has 0 N–H and O–H groups in total. The third-order valence-corrected chi connectivity index (χ3v) is 15.8. The molecule has 2 aromatic heterocycles. The first-order chi connectivity index (χ1) is 35.5. The number of aromatic nitrogens is 1. The summed E-state index contributed by atoms with van der Waals surface area (Å²) in [5.41, 5.74) is 18.6. The first kappa shape index (κ1) is 40.7. The lowest BCUT2D eigenvalue weighted by Gasteiger charge is -2.26. The lowest BCUT2D eigenvalue weighted by molar-refractivity contribution is 0.660. The van der Waals surface area contributed by atoms with Crippen molar-refractivity contribution >= 4 is 93.1 Å². The Labute approximate surface area is 417 Å². The van der Waals surface area contributed by atoms with Crippen LogP contribution in [0.5, 0.6) is 0 Å². The van der Waals surface area contributed by atoms with Gasteiger partial charge in [-0.05, 0) is 162 Å². The van der Waals surface area contributed by atoms with E-state index in [-0.39, 0.29) is 5.41 Å². The molecule has 1 aliphatic carbocycles. The van der Waals surface area contributed by atoms with Gasteiger partial charge in [0.2, 0.25) is 0 Å². The van der Waals surface area contributed by atoms with E-state index in [1.807, 2.05) is 12.1 Å². The van der Waals surface area contributed by atoms with Crippen LogP contribution in [0.1, 0.15) is 25.0 Å². The Morgan fingerprint density at radius 2 is 0.875 bits per heavy atom. The van der Waals surface area contributed by atoms with Gasteiger partial charge in [0.25, 0.3) is 0 Å². The minimum absolute atomic E-state index is 0.0861. The van der Waals surface area contributed by atoms with E-state index in [0.29, 0.717) is 0 Å². The van der Waals surface area contributed by atoms with E-state index in [2.05, 4.69) is 254 Å². The number of benzene rings is 12. The summed E-state index contributed by atoms with van der Waals surface area (Å²) in [6.45, 7) is 4.73. The quantitative estimate of drug-likeness (QED) is 0.155. The van der Waals surface area contributed by atoms with Gasteiger partial charge in [0.1, 0.15) is 11.2 Å². The highest BCUT2D eigenvalue weighted by Gasteiger charge is 2.35. The molecule has 3 heteroatoms. The number of nitrogens with zero attached hydrogens (tertiary/aromatic N) is 2. The van der Waals surface area contributed by atoms with Gasteiger partial charge in [-0.15, -0.1) is 0 Å². The molecule has 2 heterocycles. The Morgan fingerprint density at radius 1 is 0.347 bits per heavy atom. The SMILES string of the molecule is CC1(C)c2ccccc2-c2ccc(-c3ccc4c(c3)c3cc(-c5ccc(N(c6ccccc6)c6cccc7oc8ccccc8c67)cc5)ccc3n4-c3ccc4c5ccccc5c5ccccc5c4c3)cc21. The lowest BCUT2D eigenvalue weighted by Crippen LogP contribution is -2.14. The van der Waals surface area contributed by atoms with E-state index < -0.39 is 0 Å². The molecule has 1 aliphatic rings. The molecule has 338 valence electrons. The smallest absolute Gasteiger partial charge is 0.137 e. The molecule has 3 nitrogen and oxygen atoms in total. The summed E-state index contributed by atoms with van der Waals surface area (Å²) in [7, 11) is 0. The molecule has 0 saturated carbocycles. The highest BCUT2D eigenvalue weighted by atomic mass is 16.3. The molecule has 0 bridgehead atoms. The molecule has 12 aromatic carbocycles. The first-order valence-electron chi connectivity index (χ1n) is 25.0. The predicted octanol–water partition coefficient (Wildman–Crippen LogP) is 19.3. The minimum atomic E-state index is -0.0861. The number of hydrogen-bond donors (Lipinski definition) is 0. The largest absolute Gasteiger partial charge is 0.456 e. The number of para-hydroxylation sites is 2. The third kappa shape index (κ3) is 5.98. The van der Waals surface area contributed by atoms with Crippen LogP contribution >= 0.6 is 0 Å². The van der Waals surface area contributed by atoms with Crippen molar-refractivity contribution in [1.82, 2.24) is 4.57 Å². The van der Waals surface area contributed by atoms with Crippen LogP contribution in [0.4, 0.5) is 17.1 Å². The third-order valence-electron chi connectivity index (χ3n) is 15.8.